The van der Waals surface area contributed by atoms with Crippen molar-refractivity contribution in [2.24, 2.45) is 0 Å². The van der Waals surface area contributed by atoms with Crippen molar-refractivity contribution >= 4 is 22.9 Å². The fourth-order valence-electron chi connectivity index (χ4n) is 3.63. The van der Waals surface area contributed by atoms with Gasteiger partial charge in [0.25, 0.3) is 5.91 Å². The Morgan fingerprint density at radius 3 is 2.85 bits per heavy atom. The van der Waals surface area contributed by atoms with Gasteiger partial charge in [-0.1, -0.05) is 18.2 Å². The zero-order valence-electron chi connectivity index (χ0n) is 15.8. The summed E-state index contributed by atoms with van der Waals surface area (Å²) in [4.78, 5) is 22.1. The number of thiazole rings is 1. The highest BCUT2D eigenvalue weighted by molar-refractivity contribution is 7.13. The molecule has 3 heterocycles. The number of benzene rings is 1. The number of para-hydroxylation sites is 1. The molecule has 0 fully saturated rings. The van der Waals surface area contributed by atoms with Gasteiger partial charge in [-0.15, -0.1) is 11.3 Å². The van der Waals surface area contributed by atoms with Crippen LogP contribution in [-0.2, 0) is 6.42 Å². The van der Waals surface area contributed by atoms with Crippen LogP contribution in [0.1, 0.15) is 28.2 Å². The van der Waals surface area contributed by atoms with Crippen molar-refractivity contribution in [3.05, 3.63) is 58.8 Å². The van der Waals surface area contributed by atoms with Crippen LogP contribution < -0.4 is 4.90 Å². The van der Waals surface area contributed by atoms with Gasteiger partial charge in [0.15, 0.2) is 10.8 Å². The molecule has 1 aliphatic rings. The predicted molar refractivity (Wildman–Crippen MR) is 108 cm³/mol. The van der Waals surface area contributed by atoms with Crippen LogP contribution in [0.3, 0.4) is 0 Å². The molecule has 5 nitrogen and oxygen atoms in total. The largest absolute Gasteiger partial charge is 0.459 e. The molecule has 0 aliphatic carbocycles. The Hall–Kier alpha value is -2.44. The van der Waals surface area contributed by atoms with Crippen molar-refractivity contribution in [2.45, 2.75) is 25.8 Å². The zero-order valence-corrected chi connectivity index (χ0v) is 16.6. The molecule has 140 valence electrons. The highest BCUT2D eigenvalue weighted by Gasteiger charge is 2.33. The van der Waals surface area contributed by atoms with Crippen molar-refractivity contribution < 1.29 is 9.21 Å². The first kappa shape index (κ1) is 17.9. The average molecular weight is 382 g/mol. The van der Waals surface area contributed by atoms with Gasteiger partial charge >= 0.3 is 0 Å². The molecule has 6 heteroatoms. The lowest BCUT2D eigenvalue weighted by Crippen LogP contribution is -2.48. The summed E-state index contributed by atoms with van der Waals surface area (Å²) in [5.41, 5.74) is 2.70. The first-order valence-electron chi connectivity index (χ1n) is 9.11. The molecule has 2 aromatic heterocycles. The minimum absolute atomic E-state index is 0.0419. The van der Waals surface area contributed by atoms with Crippen LogP contribution in [-0.4, -0.2) is 42.5 Å². The number of aryl methyl sites for hydroxylation is 2. The summed E-state index contributed by atoms with van der Waals surface area (Å²) >= 11 is 1.44. The Bertz CT molecular complexity index is 960. The van der Waals surface area contributed by atoms with E-state index in [-0.39, 0.29) is 11.9 Å². The van der Waals surface area contributed by atoms with Crippen LogP contribution in [0.4, 0.5) is 5.69 Å². The van der Waals surface area contributed by atoms with Gasteiger partial charge < -0.3 is 14.2 Å². The maximum absolute atomic E-state index is 13.4. The molecule has 1 aromatic carbocycles. The van der Waals surface area contributed by atoms with E-state index >= 15 is 0 Å². The Morgan fingerprint density at radius 2 is 2.11 bits per heavy atom. The molecule has 0 spiro atoms. The minimum atomic E-state index is -0.0419. The molecule has 1 atom stereocenters. The summed E-state index contributed by atoms with van der Waals surface area (Å²) in [7, 11) is 4.09. The molecule has 1 amide bonds. The van der Waals surface area contributed by atoms with E-state index in [1.165, 1.54) is 16.9 Å². The van der Waals surface area contributed by atoms with Gasteiger partial charge in [0.2, 0.25) is 0 Å². The summed E-state index contributed by atoms with van der Waals surface area (Å²) in [5, 5.41) is 2.57. The summed E-state index contributed by atoms with van der Waals surface area (Å²) < 4.78 is 5.65. The normalized spacial score (nSPS) is 16.6. The Labute approximate surface area is 163 Å². The summed E-state index contributed by atoms with van der Waals surface area (Å²) in [6.07, 6.45) is 1.95. The van der Waals surface area contributed by atoms with Crippen LogP contribution >= 0.6 is 11.3 Å². The van der Waals surface area contributed by atoms with Gasteiger partial charge in [0, 0.05) is 17.6 Å². The topological polar surface area (TPSA) is 49.6 Å². The van der Waals surface area contributed by atoms with Crippen LogP contribution in [0.15, 0.2) is 46.2 Å². The third kappa shape index (κ3) is 3.55. The van der Waals surface area contributed by atoms with E-state index in [1.807, 2.05) is 61.6 Å². The second-order valence-electron chi connectivity index (χ2n) is 7.21. The van der Waals surface area contributed by atoms with Gasteiger partial charge in [0.1, 0.15) is 11.5 Å². The van der Waals surface area contributed by atoms with E-state index < -0.39 is 0 Å². The fraction of sp³-hybridized carbons (Fsp3) is 0.333. The number of carbonyl (C=O) groups excluding carboxylic acids is 1. The van der Waals surface area contributed by atoms with Crippen molar-refractivity contribution in [3.63, 3.8) is 0 Å². The Balaban J connectivity index is 1.68. The predicted octanol–water partition coefficient (Wildman–Crippen LogP) is 4.23. The molecule has 27 heavy (non-hydrogen) atoms. The number of anilines is 1. The highest BCUT2D eigenvalue weighted by Crippen LogP contribution is 2.33. The standard InChI is InChI=1S/C21H23N3O2S/c1-14-8-11-19(26-14)20-22-17(13-27-20)21(25)24-16(12-23(2)3)10-9-15-6-4-5-7-18(15)24/h4-8,11,13,16H,9-10,12H2,1-3H3/t16-/m0/s1. The lowest BCUT2D eigenvalue weighted by atomic mass is 9.95. The van der Waals surface area contributed by atoms with Gasteiger partial charge in [-0.05, 0) is 57.6 Å². The average Bonchev–Trinajstić information content (AvgIpc) is 3.29. The number of nitrogens with zero attached hydrogens (tertiary/aromatic N) is 3. The van der Waals surface area contributed by atoms with Crippen molar-refractivity contribution in [3.8, 4) is 10.8 Å². The second kappa shape index (κ2) is 7.29. The van der Waals surface area contributed by atoms with Gasteiger partial charge in [0.05, 0.1) is 6.04 Å². The SMILES string of the molecule is Cc1ccc(-c2nc(C(=O)N3c4ccccc4CC[C@H]3CN(C)C)cs2)o1. The minimum Gasteiger partial charge on any atom is -0.459 e. The third-order valence-corrected chi connectivity index (χ3v) is 5.69. The summed E-state index contributed by atoms with van der Waals surface area (Å²) in [6, 6.07) is 12.1. The number of furan rings is 1. The van der Waals surface area contributed by atoms with E-state index in [0.29, 0.717) is 11.5 Å². The molecule has 0 bridgehead atoms. The molecule has 0 N–H and O–H groups in total. The number of amides is 1. The summed E-state index contributed by atoms with van der Waals surface area (Å²) in [5.74, 6) is 1.50. The maximum Gasteiger partial charge on any atom is 0.278 e. The molecule has 1 aliphatic heterocycles. The van der Waals surface area contributed by atoms with E-state index in [2.05, 4.69) is 16.0 Å². The van der Waals surface area contributed by atoms with E-state index in [4.69, 9.17) is 4.42 Å². The van der Waals surface area contributed by atoms with Gasteiger partial charge in [-0.25, -0.2) is 4.98 Å². The number of aromatic nitrogens is 1. The first-order valence-corrected chi connectivity index (χ1v) is 9.99. The molecule has 0 saturated heterocycles. The number of rotatable bonds is 4. The van der Waals surface area contributed by atoms with Crippen LogP contribution in [0.2, 0.25) is 0 Å². The fourth-order valence-corrected chi connectivity index (χ4v) is 4.39. The summed E-state index contributed by atoms with van der Waals surface area (Å²) in [6.45, 7) is 2.73. The van der Waals surface area contributed by atoms with Crippen molar-refractivity contribution in [2.75, 3.05) is 25.5 Å². The Kier molecular flexibility index (Phi) is 4.85. The monoisotopic (exact) mass is 381 g/mol. The van der Waals surface area contributed by atoms with E-state index in [9.17, 15) is 4.79 Å². The number of carbonyl (C=O) groups is 1. The zero-order chi connectivity index (χ0) is 19.0. The number of hydrogen-bond donors (Lipinski definition) is 0. The van der Waals surface area contributed by atoms with Crippen molar-refractivity contribution in [1.29, 1.82) is 0 Å². The smallest absolute Gasteiger partial charge is 0.278 e. The Morgan fingerprint density at radius 1 is 1.30 bits per heavy atom. The van der Waals surface area contributed by atoms with E-state index in [0.717, 1.165) is 35.8 Å². The number of hydrogen-bond acceptors (Lipinski definition) is 5. The third-order valence-electron chi connectivity index (χ3n) is 4.83. The van der Waals surface area contributed by atoms with Crippen LogP contribution in [0.5, 0.6) is 0 Å². The molecule has 0 saturated carbocycles. The molecule has 0 unspecified atom stereocenters. The first-order chi connectivity index (χ1) is 13.0. The van der Waals surface area contributed by atoms with Crippen molar-refractivity contribution in [1.82, 2.24) is 9.88 Å². The molecule has 4 rings (SSSR count). The lowest BCUT2D eigenvalue weighted by Gasteiger charge is -2.38. The maximum atomic E-state index is 13.4. The van der Waals surface area contributed by atoms with Crippen LogP contribution in [0.25, 0.3) is 10.8 Å². The molecule has 3 aromatic rings. The van der Waals surface area contributed by atoms with E-state index in [1.54, 1.807) is 0 Å². The number of fused-ring (bicyclic) bond motifs is 1. The molecular formula is C21H23N3O2S. The lowest BCUT2D eigenvalue weighted by molar-refractivity contribution is 0.0964. The quantitative estimate of drug-likeness (QED) is 0.678. The number of likely N-dealkylation sites (N-methyl/N-ethyl adjacent to an activating group) is 1. The van der Waals surface area contributed by atoms with Gasteiger partial charge in [-0.3, -0.25) is 4.79 Å². The highest BCUT2D eigenvalue weighted by atomic mass is 32.1. The second-order valence-corrected chi connectivity index (χ2v) is 8.06. The van der Waals surface area contributed by atoms with Gasteiger partial charge in [-0.2, -0.15) is 0 Å². The van der Waals surface area contributed by atoms with Crippen LogP contribution in [0, 0.1) is 6.92 Å². The molecule has 0 radical (unpaired) electrons. The molecular weight excluding hydrogens is 358 g/mol.